The molecule has 0 aliphatic carbocycles. The summed E-state index contributed by atoms with van der Waals surface area (Å²) < 4.78 is 15.4. The van der Waals surface area contributed by atoms with Crippen molar-refractivity contribution in [1.29, 1.82) is 0 Å². The average molecular weight is 269 g/mol. The minimum absolute atomic E-state index is 0.0639. The topological polar surface area (TPSA) is 17.8 Å². The highest BCUT2D eigenvalue weighted by Gasteiger charge is 2.24. The fourth-order valence-corrected chi connectivity index (χ4v) is 2.77. The van der Waals surface area contributed by atoms with Gasteiger partial charge < -0.3 is 4.57 Å². The first kappa shape index (κ1) is 13.3. The van der Waals surface area contributed by atoms with Crippen molar-refractivity contribution in [3.63, 3.8) is 0 Å². The number of alkyl halides is 1. The van der Waals surface area contributed by atoms with E-state index in [1.807, 2.05) is 0 Å². The summed E-state index contributed by atoms with van der Waals surface area (Å²) in [6.45, 7) is 6.48. The van der Waals surface area contributed by atoms with Crippen LogP contribution in [0.1, 0.15) is 39.4 Å². The van der Waals surface area contributed by atoms with Crippen molar-refractivity contribution in [3.8, 4) is 0 Å². The molecule has 98 valence electrons. The van der Waals surface area contributed by atoms with Gasteiger partial charge >= 0.3 is 0 Å². The molecule has 0 atom stereocenters. The van der Waals surface area contributed by atoms with Crippen LogP contribution in [0.5, 0.6) is 0 Å². The first-order valence-electron chi connectivity index (χ1n) is 6.23. The van der Waals surface area contributed by atoms with Gasteiger partial charge in [0.05, 0.1) is 16.9 Å². The predicted octanol–water partition coefficient (Wildman–Crippen LogP) is 4.45. The van der Waals surface area contributed by atoms with E-state index in [4.69, 9.17) is 11.6 Å². The molecule has 2 aromatic rings. The number of rotatable bonds is 4. The molecule has 0 saturated heterocycles. The standard InChI is InChI=1S/C14H18ClFN2/c1-4-7-14(2,3)18-12-6-5-10(16)8-11(12)17-13(18)9-15/h5-6,8H,4,7,9H2,1-3H3. The molecule has 0 aliphatic heterocycles. The molecule has 1 aromatic carbocycles. The van der Waals surface area contributed by atoms with Gasteiger partial charge in [0, 0.05) is 11.6 Å². The number of nitrogens with zero attached hydrogens (tertiary/aromatic N) is 2. The summed E-state index contributed by atoms with van der Waals surface area (Å²) in [6, 6.07) is 4.72. The van der Waals surface area contributed by atoms with Crippen molar-refractivity contribution >= 4 is 22.6 Å². The summed E-state index contributed by atoms with van der Waals surface area (Å²) in [5.41, 5.74) is 1.56. The van der Waals surface area contributed by atoms with Crippen LogP contribution in [0.2, 0.25) is 0 Å². The van der Waals surface area contributed by atoms with Crippen LogP contribution in [0.4, 0.5) is 4.39 Å². The van der Waals surface area contributed by atoms with Gasteiger partial charge in [-0.25, -0.2) is 9.37 Å². The van der Waals surface area contributed by atoms with E-state index in [0.29, 0.717) is 11.4 Å². The molecular weight excluding hydrogens is 251 g/mol. The third kappa shape index (κ3) is 2.24. The normalized spacial score (nSPS) is 12.3. The molecule has 1 aromatic heterocycles. The van der Waals surface area contributed by atoms with Gasteiger partial charge in [-0.15, -0.1) is 11.6 Å². The Morgan fingerprint density at radius 2 is 2.11 bits per heavy atom. The summed E-state index contributed by atoms with van der Waals surface area (Å²) in [7, 11) is 0. The Morgan fingerprint density at radius 1 is 1.39 bits per heavy atom. The van der Waals surface area contributed by atoms with Crippen LogP contribution in [0.25, 0.3) is 11.0 Å². The zero-order chi connectivity index (χ0) is 13.3. The van der Waals surface area contributed by atoms with Crippen molar-refractivity contribution in [2.24, 2.45) is 0 Å². The van der Waals surface area contributed by atoms with Gasteiger partial charge in [-0.1, -0.05) is 13.3 Å². The second-order valence-electron chi connectivity index (χ2n) is 5.19. The zero-order valence-corrected chi connectivity index (χ0v) is 11.8. The molecule has 4 heteroatoms. The van der Waals surface area contributed by atoms with E-state index in [2.05, 4.69) is 30.3 Å². The lowest BCUT2D eigenvalue weighted by atomic mass is 9.98. The highest BCUT2D eigenvalue weighted by atomic mass is 35.5. The summed E-state index contributed by atoms with van der Waals surface area (Å²) in [4.78, 5) is 4.43. The average Bonchev–Trinajstić information content (AvgIpc) is 2.66. The number of hydrogen-bond donors (Lipinski definition) is 0. The Labute approximate surface area is 112 Å². The first-order valence-corrected chi connectivity index (χ1v) is 6.76. The lowest BCUT2D eigenvalue weighted by Gasteiger charge is -2.28. The monoisotopic (exact) mass is 268 g/mol. The largest absolute Gasteiger partial charge is 0.321 e. The quantitative estimate of drug-likeness (QED) is 0.749. The SMILES string of the molecule is CCCC(C)(C)n1c(CCl)nc2cc(F)ccc21. The second-order valence-corrected chi connectivity index (χ2v) is 5.46. The van der Waals surface area contributed by atoms with E-state index in [-0.39, 0.29) is 11.4 Å². The molecule has 0 unspecified atom stereocenters. The number of aromatic nitrogens is 2. The highest BCUT2D eigenvalue weighted by molar-refractivity contribution is 6.16. The smallest absolute Gasteiger partial charge is 0.125 e. The molecule has 18 heavy (non-hydrogen) atoms. The molecule has 0 radical (unpaired) electrons. The predicted molar refractivity (Wildman–Crippen MR) is 73.5 cm³/mol. The minimum Gasteiger partial charge on any atom is -0.321 e. The lowest BCUT2D eigenvalue weighted by molar-refractivity contribution is 0.326. The van der Waals surface area contributed by atoms with Crippen LogP contribution in [0.15, 0.2) is 18.2 Å². The third-order valence-corrected chi connectivity index (χ3v) is 3.51. The van der Waals surface area contributed by atoms with E-state index in [1.54, 1.807) is 6.07 Å². The molecule has 0 saturated carbocycles. The molecule has 1 heterocycles. The van der Waals surface area contributed by atoms with Gasteiger partial charge in [-0.2, -0.15) is 0 Å². The lowest BCUT2D eigenvalue weighted by Crippen LogP contribution is -2.27. The van der Waals surface area contributed by atoms with Gasteiger partial charge in [0.25, 0.3) is 0 Å². The second kappa shape index (κ2) is 4.88. The van der Waals surface area contributed by atoms with E-state index >= 15 is 0 Å². The van der Waals surface area contributed by atoms with Gasteiger partial charge in [0.2, 0.25) is 0 Å². The third-order valence-electron chi connectivity index (χ3n) is 3.27. The van der Waals surface area contributed by atoms with Gasteiger partial charge in [-0.05, 0) is 32.4 Å². The van der Waals surface area contributed by atoms with Crippen molar-refractivity contribution in [2.75, 3.05) is 0 Å². The Morgan fingerprint density at radius 3 is 2.72 bits per heavy atom. The molecule has 0 bridgehead atoms. The molecule has 0 N–H and O–H groups in total. The number of halogens is 2. The van der Waals surface area contributed by atoms with E-state index in [0.717, 1.165) is 24.2 Å². The van der Waals surface area contributed by atoms with Crippen LogP contribution in [0.3, 0.4) is 0 Å². The van der Waals surface area contributed by atoms with E-state index in [1.165, 1.54) is 12.1 Å². The maximum absolute atomic E-state index is 13.2. The van der Waals surface area contributed by atoms with Crippen molar-refractivity contribution < 1.29 is 4.39 Å². The summed E-state index contributed by atoms with van der Waals surface area (Å²) in [6.07, 6.45) is 2.11. The van der Waals surface area contributed by atoms with E-state index < -0.39 is 0 Å². The number of imidazole rings is 1. The summed E-state index contributed by atoms with van der Waals surface area (Å²) in [5, 5.41) is 0. The zero-order valence-electron chi connectivity index (χ0n) is 11.0. The van der Waals surface area contributed by atoms with Crippen LogP contribution in [-0.4, -0.2) is 9.55 Å². The van der Waals surface area contributed by atoms with Crippen molar-refractivity contribution in [2.45, 2.75) is 45.0 Å². The van der Waals surface area contributed by atoms with Crippen LogP contribution in [-0.2, 0) is 11.4 Å². The fraction of sp³-hybridized carbons (Fsp3) is 0.500. The Balaban J connectivity index is 2.67. The van der Waals surface area contributed by atoms with Crippen LogP contribution in [0, 0.1) is 5.82 Å². The van der Waals surface area contributed by atoms with Crippen LogP contribution < -0.4 is 0 Å². The number of hydrogen-bond acceptors (Lipinski definition) is 1. The molecular formula is C14H18ClFN2. The Bertz CT molecular complexity index is 560. The van der Waals surface area contributed by atoms with Gasteiger partial charge in [0.15, 0.2) is 0 Å². The first-order chi connectivity index (χ1) is 8.49. The maximum atomic E-state index is 13.2. The van der Waals surface area contributed by atoms with Crippen molar-refractivity contribution in [1.82, 2.24) is 9.55 Å². The molecule has 0 fully saturated rings. The highest BCUT2D eigenvalue weighted by Crippen LogP contribution is 2.30. The van der Waals surface area contributed by atoms with Gasteiger partial charge in [-0.3, -0.25) is 0 Å². The summed E-state index contributed by atoms with van der Waals surface area (Å²) >= 11 is 5.97. The van der Waals surface area contributed by atoms with Gasteiger partial charge in [0.1, 0.15) is 11.6 Å². The Hall–Kier alpha value is -1.09. The molecule has 0 amide bonds. The Kier molecular flexibility index (Phi) is 3.62. The fourth-order valence-electron chi connectivity index (χ4n) is 2.59. The maximum Gasteiger partial charge on any atom is 0.125 e. The molecule has 0 spiro atoms. The molecule has 2 nitrogen and oxygen atoms in total. The summed E-state index contributed by atoms with van der Waals surface area (Å²) in [5.74, 6) is 0.876. The van der Waals surface area contributed by atoms with E-state index in [9.17, 15) is 4.39 Å². The number of benzene rings is 1. The minimum atomic E-state index is -0.262. The van der Waals surface area contributed by atoms with Crippen LogP contribution >= 0.6 is 11.6 Å². The molecule has 2 rings (SSSR count). The van der Waals surface area contributed by atoms with Crippen molar-refractivity contribution in [3.05, 3.63) is 29.8 Å². The number of fused-ring (bicyclic) bond motifs is 1. The molecule has 0 aliphatic rings.